The lowest BCUT2D eigenvalue weighted by molar-refractivity contribution is -0.139. The van der Waals surface area contributed by atoms with Crippen LogP contribution in [0.4, 0.5) is 5.69 Å². The van der Waals surface area contributed by atoms with Crippen LogP contribution in [0.15, 0.2) is 47.6 Å². The Kier molecular flexibility index (Phi) is 9.88. The number of anilines is 1. The van der Waals surface area contributed by atoms with Gasteiger partial charge in [0.25, 0.3) is 5.91 Å². The van der Waals surface area contributed by atoms with Crippen molar-refractivity contribution < 1.29 is 23.9 Å². The van der Waals surface area contributed by atoms with Crippen LogP contribution in [0.3, 0.4) is 0 Å². The molecule has 9 nitrogen and oxygen atoms in total. The van der Waals surface area contributed by atoms with E-state index in [-0.39, 0.29) is 18.4 Å². The first-order valence-electron chi connectivity index (χ1n) is 10.6. The largest absolute Gasteiger partial charge is 0.493 e. The molecule has 2 rings (SSSR count). The van der Waals surface area contributed by atoms with Crippen LogP contribution < -0.4 is 25.5 Å². The monoisotopic (exact) mass is 454 g/mol. The number of rotatable bonds is 10. The average molecular weight is 455 g/mol. The second kappa shape index (κ2) is 12.8. The highest BCUT2D eigenvalue weighted by atomic mass is 16.5. The Hall–Kier alpha value is -3.88. The van der Waals surface area contributed by atoms with Crippen molar-refractivity contribution in [3.63, 3.8) is 0 Å². The third-order valence-electron chi connectivity index (χ3n) is 4.45. The average Bonchev–Trinajstić information content (AvgIpc) is 2.81. The number of ether oxygens (including phenoxy) is 2. The second-order valence-corrected chi connectivity index (χ2v) is 7.60. The van der Waals surface area contributed by atoms with Crippen LogP contribution in [-0.4, -0.2) is 44.2 Å². The molecule has 0 aliphatic heterocycles. The standard InChI is InChI=1S/C24H30N4O5/c1-5-17-6-9-19(10-7-17)27-22(29)15-33-20-11-8-18(12-21(20)32-4)14-26-28-24(31)23(30)25-13-16(2)3/h6-12,14,16H,5,13,15H2,1-4H3,(H,25,30)(H,27,29)(H,28,31)/b26-14-. The molecule has 0 saturated carbocycles. The van der Waals surface area contributed by atoms with Crippen LogP contribution in [0.25, 0.3) is 0 Å². The van der Waals surface area contributed by atoms with Crippen molar-refractivity contribution in [2.45, 2.75) is 27.2 Å². The molecule has 176 valence electrons. The summed E-state index contributed by atoms with van der Waals surface area (Å²) >= 11 is 0. The topological polar surface area (TPSA) is 118 Å². The van der Waals surface area contributed by atoms with Gasteiger partial charge in [0.15, 0.2) is 18.1 Å². The number of carbonyl (C=O) groups is 3. The Morgan fingerprint density at radius 1 is 1.03 bits per heavy atom. The maximum absolute atomic E-state index is 12.2. The van der Waals surface area contributed by atoms with Gasteiger partial charge in [-0.1, -0.05) is 32.9 Å². The first-order chi connectivity index (χ1) is 15.8. The fourth-order valence-electron chi connectivity index (χ4n) is 2.64. The summed E-state index contributed by atoms with van der Waals surface area (Å²) in [4.78, 5) is 35.5. The van der Waals surface area contributed by atoms with E-state index in [4.69, 9.17) is 9.47 Å². The van der Waals surface area contributed by atoms with E-state index in [1.807, 2.05) is 38.1 Å². The van der Waals surface area contributed by atoms with Gasteiger partial charge in [-0.3, -0.25) is 14.4 Å². The molecule has 0 bridgehead atoms. The number of hydrogen-bond donors (Lipinski definition) is 3. The summed E-state index contributed by atoms with van der Waals surface area (Å²) in [5, 5.41) is 9.06. The minimum absolute atomic E-state index is 0.194. The van der Waals surface area contributed by atoms with E-state index in [0.29, 0.717) is 29.3 Å². The van der Waals surface area contributed by atoms with Gasteiger partial charge in [0.2, 0.25) is 0 Å². The number of carbonyl (C=O) groups excluding carboxylic acids is 3. The van der Waals surface area contributed by atoms with Gasteiger partial charge in [0, 0.05) is 12.2 Å². The molecule has 9 heteroatoms. The number of amides is 3. The highest BCUT2D eigenvalue weighted by Crippen LogP contribution is 2.27. The zero-order valence-corrected chi connectivity index (χ0v) is 19.3. The van der Waals surface area contributed by atoms with E-state index in [0.717, 1.165) is 6.42 Å². The van der Waals surface area contributed by atoms with E-state index in [2.05, 4.69) is 28.1 Å². The lowest BCUT2D eigenvalue weighted by Crippen LogP contribution is -2.39. The zero-order chi connectivity index (χ0) is 24.2. The van der Waals surface area contributed by atoms with E-state index < -0.39 is 11.8 Å². The van der Waals surface area contributed by atoms with Crippen LogP contribution in [-0.2, 0) is 20.8 Å². The third-order valence-corrected chi connectivity index (χ3v) is 4.45. The van der Waals surface area contributed by atoms with Crippen LogP contribution in [0.5, 0.6) is 11.5 Å². The predicted octanol–water partition coefficient (Wildman–Crippen LogP) is 2.50. The summed E-state index contributed by atoms with van der Waals surface area (Å²) in [6, 6.07) is 12.5. The second-order valence-electron chi connectivity index (χ2n) is 7.60. The Labute approximate surface area is 193 Å². The number of methoxy groups -OCH3 is 1. The molecule has 0 spiro atoms. The summed E-state index contributed by atoms with van der Waals surface area (Å²) in [5.74, 6) is -0.901. The highest BCUT2D eigenvalue weighted by molar-refractivity contribution is 6.35. The van der Waals surface area contributed by atoms with E-state index in [1.165, 1.54) is 18.9 Å². The summed E-state index contributed by atoms with van der Waals surface area (Å²) in [6.45, 7) is 6.12. The molecule has 0 aliphatic carbocycles. The predicted molar refractivity (Wildman–Crippen MR) is 127 cm³/mol. The lowest BCUT2D eigenvalue weighted by Gasteiger charge is -2.11. The smallest absolute Gasteiger partial charge is 0.329 e. The van der Waals surface area contributed by atoms with Crippen molar-refractivity contribution in [3.8, 4) is 11.5 Å². The molecular weight excluding hydrogens is 424 g/mol. The normalized spacial score (nSPS) is 10.7. The molecule has 0 radical (unpaired) electrons. The lowest BCUT2D eigenvalue weighted by atomic mass is 10.1. The Morgan fingerprint density at radius 3 is 2.39 bits per heavy atom. The quantitative estimate of drug-likeness (QED) is 0.290. The van der Waals surface area contributed by atoms with Gasteiger partial charge in [-0.15, -0.1) is 0 Å². The number of hydrazone groups is 1. The summed E-state index contributed by atoms with van der Waals surface area (Å²) in [7, 11) is 1.47. The SMILES string of the molecule is CCc1ccc(NC(=O)COc2ccc(/C=N\NC(=O)C(=O)NCC(C)C)cc2OC)cc1. The Bertz CT molecular complexity index is 987. The first-order valence-corrected chi connectivity index (χ1v) is 10.6. The first kappa shape index (κ1) is 25.4. The number of benzene rings is 2. The van der Waals surface area contributed by atoms with Crippen molar-refractivity contribution in [2.24, 2.45) is 11.0 Å². The molecule has 0 unspecified atom stereocenters. The third kappa shape index (κ3) is 8.64. The van der Waals surface area contributed by atoms with Gasteiger partial charge in [0.1, 0.15) is 0 Å². The number of nitrogens with one attached hydrogen (secondary N) is 3. The van der Waals surface area contributed by atoms with Crippen molar-refractivity contribution in [3.05, 3.63) is 53.6 Å². The molecule has 0 aromatic heterocycles. The van der Waals surface area contributed by atoms with Gasteiger partial charge >= 0.3 is 11.8 Å². The molecular formula is C24H30N4O5. The van der Waals surface area contributed by atoms with Crippen molar-refractivity contribution in [2.75, 3.05) is 25.6 Å². The van der Waals surface area contributed by atoms with Crippen LogP contribution in [0.1, 0.15) is 31.9 Å². The molecule has 2 aromatic rings. The molecule has 2 aromatic carbocycles. The van der Waals surface area contributed by atoms with Gasteiger partial charge < -0.3 is 20.1 Å². The molecule has 0 heterocycles. The minimum atomic E-state index is -0.853. The maximum atomic E-state index is 12.2. The van der Waals surface area contributed by atoms with Crippen molar-refractivity contribution in [1.82, 2.24) is 10.7 Å². The van der Waals surface area contributed by atoms with Crippen LogP contribution in [0.2, 0.25) is 0 Å². The maximum Gasteiger partial charge on any atom is 0.329 e. The van der Waals surface area contributed by atoms with E-state index in [9.17, 15) is 14.4 Å². The molecule has 0 saturated heterocycles. The van der Waals surface area contributed by atoms with Gasteiger partial charge in [-0.05, 0) is 53.8 Å². The minimum Gasteiger partial charge on any atom is -0.493 e. The Balaban J connectivity index is 1.88. The number of hydrogen-bond acceptors (Lipinski definition) is 6. The fraction of sp³-hybridized carbons (Fsp3) is 0.333. The molecule has 0 aliphatic rings. The molecule has 3 amide bonds. The molecule has 0 atom stereocenters. The van der Waals surface area contributed by atoms with Gasteiger partial charge in [-0.25, -0.2) is 5.43 Å². The number of nitrogens with zero attached hydrogens (tertiary/aromatic N) is 1. The summed E-state index contributed by atoms with van der Waals surface area (Å²) in [6.07, 6.45) is 2.30. The molecule has 33 heavy (non-hydrogen) atoms. The summed E-state index contributed by atoms with van der Waals surface area (Å²) in [5.41, 5.74) is 4.65. The molecule has 0 fully saturated rings. The molecule has 3 N–H and O–H groups in total. The van der Waals surface area contributed by atoms with Crippen molar-refractivity contribution in [1.29, 1.82) is 0 Å². The van der Waals surface area contributed by atoms with Gasteiger partial charge in [0.05, 0.1) is 13.3 Å². The fourth-order valence-corrected chi connectivity index (χ4v) is 2.64. The van der Waals surface area contributed by atoms with Crippen LogP contribution in [0, 0.1) is 5.92 Å². The van der Waals surface area contributed by atoms with E-state index >= 15 is 0 Å². The zero-order valence-electron chi connectivity index (χ0n) is 19.3. The Morgan fingerprint density at radius 2 is 1.76 bits per heavy atom. The highest BCUT2D eigenvalue weighted by Gasteiger charge is 2.12. The number of aryl methyl sites for hydroxylation is 1. The van der Waals surface area contributed by atoms with Crippen molar-refractivity contribution >= 4 is 29.6 Å². The van der Waals surface area contributed by atoms with E-state index in [1.54, 1.807) is 18.2 Å². The van der Waals surface area contributed by atoms with Crippen LogP contribution >= 0.6 is 0 Å². The summed E-state index contributed by atoms with van der Waals surface area (Å²) < 4.78 is 10.9. The van der Waals surface area contributed by atoms with Gasteiger partial charge in [-0.2, -0.15) is 5.10 Å².